The number of hydrogen-bond donors (Lipinski definition) is 1. The van der Waals surface area contributed by atoms with Gasteiger partial charge in [0.25, 0.3) is 0 Å². The van der Waals surface area contributed by atoms with Gasteiger partial charge < -0.3 is 5.11 Å². The maximum Gasteiger partial charge on any atom is 0.0656 e. The molecule has 4 unspecified atom stereocenters. The Morgan fingerprint density at radius 1 is 0.846 bits per heavy atom. The second kappa shape index (κ2) is 1.98. The third-order valence-electron chi connectivity index (χ3n) is 5.33. The molecule has 1 N–H and O–H groups in total. The van der Waals surface area contributed by atoms with Crippen molar-refractivity contribution < 1.29 is 5.11 Å². The average Bonchev–Trinajstić information content (AvgIpc) is 2.77. The predicted octanol–water partition coefficient (Wildman–Crippen LogP) is 2.19. The lowest BCUT2D eigenvalue weighted by molar-refractivity contribution is -0.0781. The highest BCUT2D eigenvalue weighted by molar-refractivity contribution is 5.10. The fraction of sp³-hybridized carbons (Fsp3) is 1.00. The second-order valence-electron chi connectivity index (χ2n) is 6.26. The Kier molecular flexibility index (Phi) is 1.11. The van der Waals surface area contributed by atoms with E-state index in [-0.39, 0.29) is 5.60 Å². The molecule has 5 aliphatic carbocycles. The number of rotatable bonds is 0. The van der Waals surface area contributed by atoms with Crippen molar-refractivity contribution in [3.63, 3.8) is 0 Å². The highest BCUT2D eigenvalue weighted by atomic mass is 16.3. The first-order chi connectivity index (χ1) is 6.23. The van der Waals surface area contributed by atoms with Crippen LogP contribution < -0.4 is 0 Å². The van der Waals surface area contributed by atoms with Gasteiger partial charge in [-0.1, -0.05) is 0 Å². The van der Waals surface area contributed by atoms with Gasteiger partial charge in [-0.05, 0) is 68.1 Å². The first kappa shape index (κ1) is 7.28. The summed E-state index contributed by atoms with van der Waals surface area (Å²) in [6.07, 6.45) is 7.87. The lowest BCUT2D eigenvalue weighted by Gasteiger charge is -2.46. The highest BCUT2D eigenvalue weighted by Crippen LogP contribution is 2.65. The van der Waals surface area contributed by atoms with E-state index in [1.54, 1.807) is 0 Å². The van der Waals surface area contributed by atoms with Crippen molar-refractivity contribution in [3.8, 4) is 0 Å². The van der Waals surface area contributed by atoms with Crippen molar-refractivity contribution in [1.82, 2.24) is 0 Å². The van der Waals surface area contributed by atoms with Crippen LogP contribution in [-0.4, -0.2) is 10.7 Å². The molecule has 72 valence electrons. The van der Waals surface area contributed by atoms with Gasteiger partial charge in [0.05, 0.1) is 5.60 Å². The standard InChI is InChI=1S/C12H18O/c13-12-4-7-1-8(5-12)10-3-11(10)9(2-7)6-12/h7-11,13H,1-6H2. The predicted molar refractivity (Wildman–Crippen MR) is 50.1 cm³/mol. The Bertz CT molecular complexity index is 240. The van der Waals surface area contributed by atoms with Crippen LogP contribution in [0.1, 0.15) is 38.5 Å². The van der Waals surface area contributed by atoms with Crippen LogP contribution in [0.15, 0.2) is 0 Å². The fourth-order valence-electron chi connectivity index (χ4n) is 5.02. The van der Waals surface area contributed by atoms with Crippen LogP contribution in [0.2, 0.25) is 0 Å². The molecule has 0 amide bonds. The number of aliphatic hydroxyl groups is 1. The van der Waals surface area contributed by atoms with Gasteiger partial charge in [0.1, 0.15) is 0 Å². The molecule has 0 radical (unpaired) electrons. The molecule has 1 heteroatoms. The van der Waals surface area contributed by atoms with Crippen LogP contribution in [0.25, 0.3) is 0 Å². The zero-order valence-electron chi connectivity index (χ0n) is 8.08. The summed E-state index contributed by atoms with van der Waals surface area (Å²) < 4.78 is 0. The maximum absolute atomic E-state index is 10.4. The SMILES string of the molecule is OC12CC3CC(C1)C1CC1C(C3)C2. The molecule has 5 saturated carbocycles. The van der Waals surface area contributed by atoms with E-state index in [4.69, 9.17) is 0 Å². The van der Waals surface area contributed by atoms with Gasteiger partial charge in [0, 0.05) is 0 Å². The molecular formula is C12H18O. The summed E-state index contributed by atoms with van der Waals surface area (Å²) in [5, 5.41) is 10.4. The van der Waals surface area contributed by atoms with Gasteiger partial charge in [-0.15, -0.1) is 0 Å². The van der Waals surface area contributed by atoms with Crippen LogP contribution in [0.5, 0.6) is 0 Å². The van der Waals surface area contributed by atoms with Gasteiger partial charge in [-0.25, -0.2) is 0 Å². The molecule has 13 heavy (non-hydrogen) atoms. The molecule has 0 saturated heterocycles. The lowest BCUT2D eigenvalue weighted by atomic mass is 9.63. The molecule has 0 heterocycles. The summed E-state index contributed by atoms with van der Waals surface area (Å²) in [6.45, 7) is 0. The minimum atomic E-state index is -0.204. The molecule has 0 aromatic heterocycles. The summed E-state index contributed by atoms with van der Waals surface area (Å²) in [6, 6.07) is 0. The molecule has 0 aliphatic heterocycles. The summed E-state index contributed by atoms with van der Waals surface area (Å²) in [5.41, 5.74) is -0.204. The van der Waals surface area contributed by atoms with Crippen molar-refractivity contribution in [3.05, 3.63) is 0 Å². The van der Waals surface area contributed by atoms with E-state index < -0.39 is 0 Å². The van der Waals surface area contributed by atoms with Crippen LogP contribution in [-0.2, 0) is 0 Å². The summed E-state index contributed by atoms with van der Waals surface area (Å²) >= 11 is 0. The van der Waals surface area contributed by atoms with Gasteiger partial charge >= 0.3 is 0 Å². The zero-order valence-corrected chi connectivity index (χ0v) is 8.08. The van der Waals surface area contributed by atoms with Crippen molar-refractivity contribution in [2.24, 2.45) is 29.6 Å². The summed E-state index contributed by atoms with van der Waals surface area (Å²) in [4.78, 5) is 0. The van der Waals surface area contributed by atoms with E-state index in [2.05, 4.69) is 0 Å². The summed E-state index contributed by atoms with van der Waals surface area (Å²) in [7, 11) is 0. The smallest absolute Gasteiger partial charge is 0.0656 e. The van der Waals surface area contributed by atoms with Crippen molar-refractivity contribution in [2.45, 2.75) is 44.1 Å². The van der Waals surface area contributed by atoms with Crippen LogP contribution in [0.3, 0.4) is 0 Å². The van der Waals surface area contributed by atoms with Crippen LogP contribution >= 0.6 is 0 Å². The lowest BCUT2D eigenvalue weighted by Crippen LogP contribution is -2.44. The van der Waals surface area contributed by atoms with Crippen LogP contribution in [0, 0.1) is 29.6 Å². The molecule has 5 aliphatic rings. The van der Waals surface area contributed by atoms with Gasteiger partial charge in [0.15, 0.2) is 0 Å². The zero-order chi connectivity index (χ0) is 8.63. The molecule has 5 fully saturated rings. The van der Waals surface area contributed by atoms with Crippen molar-refractivity contribution in [2.75, 3.05) is 0 Å². The third-order valence-corrected chi connectivity index (χ3v) is 5.33. The fourth-order valence-corrected chi connectivity index (χ4v) is 5.02. The summed E-state index contributed by atoms with van der Waals surface area (Å²) in [5.74, 6) is 4.83. The molecule has 1 nitrogen and oxygen atoms in total. The Labute approximate surface area is 79.5 Å². The van der Waals surface area contributed by atoms with Gasteiger partial charge in [-0.2, -0.15) is 0 Å². The Hall–Kier alpha value is -0.0400. The monoisotopic (exact) mass is 178 g/mol. The first-order valence-electron chi connectivity index (χ1n) is 5.96. The largest absolute Gasteiger partial charge is 0.390 e. The first-order valence-corrected chi connectivity index (χ1v) is 5.96. The van der Waals surface area contributed by atoms with E-state index >= 15 is 0 Å². The van der Waals surface area contributed by atoms with Crippen molar-refractivity contribution in [1.29, 1.82) is 0 Å². The van der Waals surface area contributed by atoms with E-state index in [1.165, 1.54) is 19.3 Å². The third kappa shape index (κ3) is 0.869. The average molecular weight is 178 g/mol. The molecule has 5 rings (SSSR count). The minimum Gasteiger partial charge on any atom is -0.390 e. The molecular weight excluding hydrogens is 160 g/mol. The van der Waals surface area contributed by atoms with Crippen molar-refractivity contribution >= 4 is 0 Å². The van der Waals surface area contributed by atoms with E-state index in [0.717, 1.165) is 48.9 Å². The Morgan fingerprint density at radius 2 is 1.46 bits per heavy atom. The molecule has 0 spiro atoms. The number of hydrogen-bond acceptors (Lipinski definition) is 1. The second-order valence-corrected chi connectivity index (χ2v) is 6.26. The maximum atomic E-state index is 10.4. The quantitative estimate of drug-likeness (QED) is 0.603. The highest BCUT2D eigenvalue weighted by Gasteiger charge is 2.59. The van der Waals surface area contributed by atoms with E-state index in [9.17, 15) is 5.11 Å². The van der Waals surface area contributed by atoms with E-state index in [1.807, 2.05) is 0 Å². The van der Waals surface area contributed by atoms with Gasteiger partial charge in [-0.3, -0.25) is 0 Å². The normalized spacial score (nSPS) is 67.6. The molecule has 0 aromatic rings. The topological polar surface area (TPSA) is 20.2 Å². The Morgan fingerprint density at radius 3 is 2.00 bits per heavy atom. The molecule has 4 atom stereocenters. The Balaban J connectivity index is 1.79. The van der Waals surface area contributed by atoms with Crippen LogP contribution in [0.4, 0.5) is 0 Å². The molecule has 4 bridgehead atoms. The minimum absolute atomic E-state index is 0.204. The molecule has 0 aromatic carbocycles. The van der Waals surface area contributed by atoms with E-state index in [0.29, 0.717) is 0 Å². The van der Waals surface area contributed by atoms with Gasteiger partial charge in [0.2, 0.25) is 0 Å².